The third-order valence-electron chi connectivity index (χ3n) is 3.23. The molecular weight excluding hydrogens is 240 g/mol. The van der Waals surface area contributed by atoms with Crippen molar-refractivity contribution >= 4 is 5.69 Å². The molecule has 2 rings (SSSR count). The van der Waals surface area contributed by atoms with Gasteiger partial charge in [-0.25, -0.2) is 0 Å². The highest BCUT2D eigenvalue weighted by molar-refractivity contribution is 5.49. The zero-order valence-electron chi connectivity index (χ0n) is 12.0. The summed E-state index contributed by atoms with van der Waals surface area (Å²) in [5.41, 5.74) is 0.254. The van der Waals surface area contributed by atoms with Crippen LogP contribution in [-0.4, -0.2) is 44.0 Å². The molecule has 106 valence electrons. The number of hydrogen-bond donors (Lipinski definition) is 2. The summed E-state index contributed by atoms with van der Waals surface area (Å²) in [5.74, 6) is 0.790. The number of aliphatic hydroxyl groups is 1. The Morgan fingerprint density at radius 2 is 2.16 bits per heavy atom. The average Bonchev–Trinajstić information content (AvgIpc) is 3.19. The minimum atomic E-state index is -0.837. The molecule has 4 heteroatoms. The summed E-state index contributed by atoms with van der Waals surface area (Å²) in [6.07, 6.45) is 2.45. The molecule has 0 aromatic heterocycles. The summed E-state index contributed by atoms with van der Waals surface area (Å²) in [6, 6.07) is 8.48. The first-order valence-corrected chi connectivity index (χ1v) is 6.82. The third-order valence-corrected chi connectivity index (χ3v) is 3.23. The smallest absolute Gasteiger partial charge is 0.121 e. The predicted octanol–water partition coefficient (Wildman–Crippen LogP) is 1.63. The fourth-order valence-electron chi connectivity index (χ4n) is 1.79. The van der Waals surface area contributed by atoms with Gasteiger partial charge in [-0.05, 0) is 31.9 Å². The van der Waals surface area contributed by atoms with Crippen LogP contribution in [0.5, 0.6) is 5.75 Å². The van der Waals surface area contributed by atoms with Crippen LogP contribution in [0.4, 0.5) is 5.69 Å². The summed E-state index contributed by atoms with van der Waals surface area (Å²) < 4.78 is 5.70. The SMILES string of the molecule is CN(C)c1cccc(OCC(C)(O)CNC2CC2)c1. The molecule has 0 bridgehead atoms. The Labute approximate surface area is 115 Å². The molecule has 0 heterocycles. The van der Waals surface area contributed by atoms with Gasteiger partial charge >= 0.3 is 0 Å². The fraction of sp³-hybridized carbons (Fsp3) is 0.600. The highest BCUT2D eigenvalue weighted by atomic mass is 16.5. The van der Waals surface area contributed by atoms with Crippen LogP contribution in [0.25, 0.3) is 0 Å². The second kappa shape index (κ2) is 5.80. The van der Waals surface area contributed by atoms with Gasteiger partial charge in [0.15, 0.2) is 0 Å². The topological polar surface area (TPSA) is 44.7 Å². The standard InChI is InChI=1S/C15H24N2O2/c1-15(18,10-16-12-7-8-12)11-19-14-6-4-5-13(9-14)17(2)3/h4-6,9,12,16,18H,7-8,10-11H2,1-3H3. The van der Waals surface area contributed by atoms with Crippen molar-refractivity contribution in [1.29, 1.82) is 0 Å². The van der Waals surface area contributed by atoms with Gasteiger partial charge in [0.25, 0.3) is 0 Å². The van der Waals surface area contributed by atoms with Crippen LogP contribution in [-0.2, 0) is 0 Å². The summed E-state index contributed by atoms with van der Waals surface area (Å²) in [7, 11) is 3.99. The molecule has 1 saturated carbocycles. The van der Waals surface area contributed by atoms with Crippen LogP contribution < -0.4 is 15.0 Å². The molecule has 1 atom stereocenters. The van der Waals surface area contributed by atoms with Gasteiger partial charge in [0.2, 0.25) is 0 Å². The van der Waals surface area contributed by atoms with E-state index in [0.29, 0.717) is 19.2 Å². The highest BCUT2D eigenvalue weighted by Crippen LogP contribution is 2.21. The molecule has 0 radical (unpaired) electrons. The lowest BCUT2D eigenvalue weighted by molar-refractivity contribution is 0.0120. The van der Waals surface area contributed by atoms with E-state index in [1.54, 1.807) is 6.92 Å². The van der Waals surface area contributed by atoms with Crippen LogP contribution >= 0.6 is 0 Å². The van der Waals surface area contributed by atoms with E-state index in [4.69, 9.17) is 4.74 Å². The van der Waals surface area contributed by atoms with Crippen LogP contribution in [0.1, 0.15) is 19.8 Å². The van der Waals surface area contributed by atoms with Crippen LogP contribution in [0, 0.1) is 0 Å². The second-order valence-electron chi connectivity index (χ2n) is 5.83. The summed E-state index contributed by atoms with van der Waals surface area (Å²) in [4.78, 5) is 2.03. The zero-order chi connectivity index (χ0) is 13.9. The van der Waals surface area contributed by atoms with Crippen LogP contribution in [0.2, 0.25) is 0 Å². The van der Waals surface area contributed by atoms with Crippen molar-refractivity contribution in [1.82, 2.24) is 5.32 Å². The van der Waals surface area contributed by atoms with Gasteiger partial charge in [0.1, 0.15) is 18.0 Å². The molecule has 19 heavy (non-hydrogen) atoms. The maximum Gasteiger partial charge on any atom is 0.121 e. The van der Waals surface area contributed by atoms with E-state index in [2.05, 4.69) is 5.32 Å². The van der Waals surface area contributed by atoms with Gasteiger partial charge in [0.05, 0.1) is 0 Å². The number of nitrogens with one attached hydrogen (secondary N) is 1. The Balaban J connectivity index is 1.84. The van der Waals surface area contributed by atoms with E-state index in [1.807, 2.05) is 43.3 Å². The molecule has 0 saturated heterocycles. The van der Waals surface area contributed by atoms with Gasteiger partial charge in [0, 0.05) is 38.4 Å². The molecule has 1 aliphatic rings. The van der Waals surface area contributed by atoms with Crippen molar-refractivity contribution in [2.75, 3.05) is 32.1 Å². The Morgan fingerprint density at radius 1 is 1.42 bits per heavy atom. The van der Waals surface area contributed by atoms with E-state index in [9.17, 15) is 5.11 Å². The normalized spacial score (nSPS) is 17.9. The first-order valence-electron chi connectivity index (χ1n) is 6.82. The summed E-state index contributed by atoms with van der Waals surface area (Å²) >= 11 is 0. The lowest BCUT2D eigenvalue weighted by Gasteiger charge is -2.24. The van der Waals surface area contributed by atoms with Crippen molar-refractivity contribution < 1.29 is 9.84 Å². The van der Waals surface area contributed by atoms with Gasteiger partial charge in [-0.2, -0.15) is 0 Å². The van der Waals surface area contributed by atoms with Gasteiger partial charge in [-0.3, -0.25) is 0 Å². The third kappa shape index (κ3) is 4.73. The molecule has 0 aliphatic heterocycles. The number of ether oxygens (including phenoxy) is 1. The maximum absolute atomic E-state index is 10.2. The fourth-order valence-corrected chi connectivity index (χ4v) is 1.79. The number of benzene rings is 1. The van der Waals surface area contributed by atoms with E-state index >= 15 is 0 Å². The minimum Gasteiger partial charge on any atom is -0.490 e. The molecular formula is C15H24N2O2. The van der Waals surface area contributed by atoms with Crippen molar-refractivity contribution in [2.45, 2.75) is 31.4 Å². The number of rotatable bonds is 7. The maximum atomic E-state index is 10.2. The average molecular weight is 264 g/mol. The summed E-state index contributed by atoms with van der Waals surface area (Å²) in [6.45, 7) is 2.67. The zero-order valence-corrected chi connectivity index (χ0v) is 12.0. The molecule has 1 aromatic rings. The van der Waals surface area contributed by atoms with Gasteiger partial charge in [-0.15, -0.1) is 0 Å². The molecule has 1 aliphatic carbocycles. The molecule has 4 nitrogen and oxygen atoms in total. The lowest BCUT2D eigenvalue weighted by atomic mass is 10.1. The Morgan fingerprint density at radius 3 is 2.79 bits per heavy atom. The lowest BCUT2D eigenvalue weighted by Crippen LogP contribution is -2.43. The first-order chi connectivity index (χ1) is 8.96. The Bertz CT molecular complexity index is 414. The Hall–Kier alpha value is -1.26. The first kappa shape index (κ1) is 14.2. The van der Waals surface area contributed by atoms with Crippen LogP contribution in [0.3, 0.4) is 0 Å². The van der Waals surface area contributed by atoms with Gasteiger partial charge < -0.3 is 20.1 Å². The molecule has 0 amide bonds. The van der Waals surface area contributed by atoms with E-state index in [0.717, 1.165) is 11.4 Å². The Kier molecular flexibility index (Phi) is 4.32. The molecule has 1 fully saturated rings. The molecule has 0 spiro atoms. The van der Waals surface area contributed by atoms with E-state index in [-0.39, 0.29) is 0 Å². The number of anilines is 1. The number of nitrogens with zero attached hydrogens (tertiary/aromatic N) is 1. The largest absolute Gasteiger partial charge is 0.490 e. The summed E-state index contributed by atoms with van der Waals surface area (Å²) in [5, 5.41) is 13.6. The second-order valence-corrected chi connectivity index (χ2v) is 5.83. The van der Waals surface area contributed by atoms with Crippen molar-refractivity contribution in [2.24, 2.45) is 0 Å². The van der Waals surface area contributed by atoms with E-state index in [1.165, 1.54) is 12.8 Å². The van der Waals surface area contributed by atoms with Crippen molar-refractivity contribution in [3.05, 3.63) is 24.3 Å². The molecule has 1 aromatic carbocycles. The van der Waals surface area contributed by atoms with Crippen molar-refractivity contribution in [3.63, 3.8) is 0 Å². The van der Waals surface area contributed by atoms with Crippen LogP contribution in [0.15, 0.2) is 24.3 Å². The quantitative estimate of drug-likeness (QED) is 0.786. The van der Waals surface area contributed by atoms with Crippen molar-refractivity contribution in [3.8, 4) is 5.75 Å². The monoisotopic (exact) mass is 264 g/mol. The highest BCUT2D eigenvalue weighted by Gasteiger charge is 2.27. The molecule has 2 N–H and O–H groups in total. The number of hydrogen-bond acceptors (Lipinski definition) is 4. The van der Waals surface area contributed by atoms with E-state index < -0.39 is 5.60 Å². The van der Waals surface area contributed by atoms with Gasteiger partial charge in [-0.1, -0.05) is 6.07 Å². The predicted molar refractivity (Wildman–Crippen MR) is 77.9 cm³/mol. The minimum absolute atomic E-state index is 0.295. The molecule has 1 unspecified atom stereocenters.